The summed E-state index contributed by atoms with van der Waals surface area (Å²) >= 11 is 0. The Morgan fingerprint density at radius 1 is 1.13 bits per heavy atom. The van der Waals surface area contributed by atoms with Crippen LogP contribution in [-0.2, 0) is 9.53 Å². The van der Waals surface area contributed by atoms with Crippen LogP contribution in [0.25, 0.3) is 10.9 Å². The number of ether oxygens (including phenoxy) is 1. The molecule has 1 saturated carbocycles. The van der Waals surface area contributed by atoms with Crippen LogP contribution in [0.2, 0.25) is 0 Å². The van der Waals surface area contributed by atoms with Crippen LogP contribution in [0.5, 0.6) is 0 Å². The second-order valence-corrected chi connectivity index (χ2v) is 8.74. The predicted octanol–water partition coefficient (Wildman–Crippen LogP) is 4.03. The van der Waals surface area contributed by atoms with Crippen LogP contribution >= 0.6 is 0 Å². The van der Waals surface area contributed by atoms with Gasteiger partial charge in [-0.2, -0.15) is 0 Å². The zero-order valence-corrected chi connectivity index (χ0v) is 18.0. The van der Waals surface area contributed by atoms with E-state index >= 15 is 0 Å². The Kier molecular flexibility index (Phi) is 6.21. The molecule has 1 amide bonds. The summed E-state index contributed by atoms with van der Waals surface area (Å²) in [6, 6.07) is 9.85. The maximum absolute atomic E-state index is 13.0. The number of carbonyl (C=O) groups is 2. The molecule has 0 atom stereocenters. The first kappa shape index (κ1) is 20.6. The number of carbonyl (C=O) groups excluding carboxylic acids is 2. The van der Waals surface area contributed by atoms with Gasteiger partial charge in [-0.25, -0.2) is 9.78 Å². The summed E-state index contributed by atoms with van der Waals surface area (Å²) in [6.07, 6.45) is 6.50. The molecule has 1 aliphatic carbocycles. The van der Waals surface area contributed by atoms with E-state index in [1.807, 2.05) is 37.4 Å². The molecular formula is C24H31N3O3. The molecule has 1 aromatic carbocycles. The Morgan fingerprint density at radius 3 is 2.57 bits per heavy atom. The first-order valence-corrected chi connectivity index (χ1v) is 11.1. The lowest BCUT2D eigenvalue weighted by Gasteiger charge is -2.33. The quantitative estimate of drug-likeness (QED) is 0.698. The van der Waals surface area contributed by atoms with Gasteiger partial charge in [-0.05, 0) is 56.6 Å². The highest BCUT2D eigenvalue weighted by molar-refractivity contribution is 6.00. The molecule has 6 nitrogen and oxygen atoms in total. The number of benzene rings is 1. The van der Waals surface area contributed by atoms with Crippen molar-refractivity contribution in [2.24, 2.45) is 5.92 Å². The topological polar surface area (TPSA) is 62.7 Å². The SMILES string of the molecule is CC1CCC(N(C)C(=O)COC(=O)c2cc3ccccc3nc2N2CCCC2)CC1. The van der Waals surface area contributed by atoms with E-state index in [0.717, 1.165) is 68.4 Å². The number of pyridine rings is 1. The molecule has 0 unspecified atom stereocenters. The summed E-state index contributed by atoms with van der Waals surface area (Å²) in [5, 5.41) is 0.896. The summed E-state index contributed by atoms with van der Waals surface area (Å²) in [4.78, 5) is 34.2. The first-order chi connectivity index (χ1) is 14.5. The lowest BCUT2D eigenvalue weighted by atomic mass is 9.87. The molecule has 2 aromatic rings. The van der Waals surface area contributed by atoms with Gasteiger partial charge >= 0.3 is 5.97 Å². The third-order valence-electron chi connectivity index (χ3n) is 6.58. The highest BCUT2D eigenvalue weighted by atomic mass is 16.5. The highest BCUT2D eigenvalue weighted by Crippen LogP contribution is 2.28. The smallest absolute Gasteiger partial charge is 0.342 e. The number of nitrogens with zero attached hydrogens (tertiary/aromatic N) is 3. The number of esters is 1. The molecular weight excluding hydrogens is 378 g/mol. The van der Waals surface area contributed by atoms with Gasteiger partial charge in [0.15, 0.2) is 6.61 Å². The van der Waals surface area contributed by atoms with Crippen LogP contribution in [0, 0.1) is 5.92 Å². The van der Waals surface area contributed by atoms with Crippen LogP contribution in [0.15, 0.2) is 30.3 Å². The number of likely N-dealkylation sites (N-methyl/N-ethyl adjacent to an activating group) is 1. The van der Waals surface area contributed by atoms with Gasteiger partial charge in [0.25, 0.3) is 5.91 Å². The van der Waals surface area contributed by atoms with E-state index < -0.39 is 5.97 Å². The van der Waals surface area contributed by atoms with Crippen molar-refractivity contribution in [1.29, 1.82) is 0 Å². The van der Waals surface area contributed by atoms with Crippen molar-refractivity contribution >= 4 is 28.6 Å². The molecule has 4 rings (SSSR count). The van der Waals surface area contributed by atoms with Crippen LogP contribution < -0.4 is 4.90 Å². The normalized spacial score (nSPS) is 21.6. The Morgan fingerprint density at radius 2 is 1.83 bits per heavy atom. The minimum absolute atomic E-state index is 0.139. The fourth-order valence-electron chi connectivity index (χ4n) is 4.57. The van der Waals surface area contributed by atoms with Gasteiger partial charge in [0.05, 0.1) is 5.52 Å². The molecule has 2 fully saturated rings. The molecule has 0 N–H and O–H groups in total. The standard InChI is InChI=1S/C24H31N3O3/c1-17-9-11-19(12-10-17)26(2)22(28)16-30-24(29)20-15-18-7-3-4-8-21(18)25-23(20)27-13-5-6-14-27/h3-4,7-8,15,17,19H,5-6,9-14,16H2,1-2H3. The number of fused-ring (bicyclic) bond motifs is 1. The largest absolute Gasteiger partial charge is 0.452 e. The molecule has 6 heteroatoms. The van der Waals surface area contributed by atoms with E-state index in [1.54, 1.807) is 4.90 Å². The number of aromatic nitrogens is 1. The van der Waals surface area contributed by atoms with Crippen molar-refractivity contribution < 1.29 is 14.3 Å². The predicted molar refractivity (Wildman–Crippen MR) is 118 cm³/mol. The van der Waals surface area contributed by atoms with Crippen molar-refractivity contribution in [2.45, 2.75) is 51.5 Å². The highest BCUT2D eigenvalue weighted by Gasteiger charge is 2.27. The molecule has 2 aliphatic rings. The minimum Gasteiger partial charge on any atom is -0.452 e. The number of amides is 1. The average molecular weight is 410 g/mol. The number of hydrogen-bond donors (Lipinski definition) is 0. The van der Waals surface area contributed by atoms with Crippen molar-refractivity contribution in [3.63, 3.8) is 0 Å². The summed E-state index contributed by atoms with van der Waals surface area (Å²) in [6.45, 7) is 3.80. The third-order valence-corrected chi connectivity index (χ3v) is 6.58. The van der Waals surface area contributed by atoms with Gasteiger partial charge in [-0.1, -0.05) is 25.1 Å². The number of para-hydroxylation sites is 1. The summed E-state index contributed by atoms with van der Waals surface area (Å²) < 4.78 is 5.48. The number of rotatable bonds is 5. The molecule has 1 aliphatic heterocycles. The Bertz CT molecular complexity index is 915. The Labute approximate surface area is 178 Å². The summed E-state index contributed by atoms with van der Waals surface area (Å²) in [5.41, 5.74) is 1.30. The molecule has 1 aromatic heterocycles. The molecule has 0 spiro atoms. The lowest BCUT2D eigenvalue weighted by Crippen LogP contribution is -2.41. The van der Waals surface area contributed by atoms with Crippen molar-refractivity contribution in [1.82, 2.24) is 9.88 Å². The van der Waals surface area contributed by atoms with E-state index in [-0.39, 0.29) is 18.6 Å². The van der Waals surface area contributed by atoms with Gasteiger partial charge < -0.3 is 14.5 Å². The van der Waals surface area contributed by atoms with E-state index in [1.165, 1.54) is 0 Å². The second kappa shape index (κ2) is 9.02. The molecule has 30 heavy (non-hydrogen) atoms. The molecule has 160 valence electrons. The fraction of sp³-hybridized carbons (Fsp3) is 0.542. The van der Waals surface area contributed by atoms with Crippen molar-refractivity contribution in [3.8, 4) is 0 Å². The van der Waals surface area contributed by atoms with E-state index in [0.29, 0.717) is 11.4 Å². The van der Waals surface area contributed by atoms with E-state index in [2.05, 4.69) is 11.8 Å². The lowest BCUT2D eigenvalue weighted by molar-refractivity contribution is -0.136. The molecule has 2 heterocycles. The van der Waals surface area contributed by atoms with Gasteiger partial charge in [0.2, 0.25) is 0 Å². The maximum atomic E-state index is 13.0. The molecule has 0 radical (unpaired) electrons. The van der Waals surface area contributed by atoms with E-state index in [9.17, 15) is 9.59 Å². The van der Waals surface area contributed by atoms with Gasteiger partial charge in [0, 0.05) is 31.6 Å². The monoisotopic (exact) mass is 409 g/mol. The van der Waals surface area contributed by atoms with Crippen LogP contribution in [0.4, 0.5) is 5.82 Å². The van der Waals surface area contributed by atoms with Gasteiger partial charge in [-0.15, -0.1) is 0 Å². The Balaban J connectivity index is 1.47. The van der Waals surface area contributed by atoms with Gasteiger partial charge in [-0.3, -0.25) is 4.79 Å². The number of hydrogen-bond acceptors (Lipinski definition) is 5. The minimum atomic E-state index is -0.478. The maximum Gasteiger partial charge on any atom is 0.342 e. The Hall–Kier alpha value is -2.63. The summed E-state index contributed by atoms with van der Waals surface area (Å²) in [7, 11) is 1.82. The first-order valence-electron chi connectivity index (χ1n) is 11.1. The zero-order chi connectivity index (χ0) is 21.1. The molecule has 0 bridgehead atoms. The fourth-order valence-corrected chi connectivity index (χ4v) is 4.57. The van der Waals surface area contributed by atoms with Crippen LogP contribution in [0.3, 0.4) is 0 Å². The number of anilines is 1. The van der Waals surface area contributed by atoms with Gasteiger partial charge in [0.1, 0.15) is 11.4 Å². The van der Waals surface area contributed by atoms with Crippen molar-refractivity contribution in [3.05, 3.63) is 35.9 Å². The van der Waals surface area contributed by atoms with E-state index in [4.69, 9.17) is 9.72 Å². The molecule has 1 saturated heterocycles. The summed E-state index contributed by atoms with van der Waals surface area (Å²) in [5.74, 6) is 0.777. The third kappa shape index (κ3) is 4.42. The van der Waals surface area contributed by atoms with Crippen LogP contribution in [-0.4, -0.2) is 54.5 Å². The second-order valence-electron chi connectivity index (χ2n) is 8.74. The van der Waals surface area contributed by atoms with Crippen molar-refractivity contribution in [2.75, 3.05) is 31.6 Å². The zero-order valence-electron chi connectivity index (χ0n) is 18.0. The van der Waals surface area contributed by atoms with Crippen LogP contribution in [0.1, 0.15) is 55.8 Å². The average Bonchev–Trinajstić information content (AvgIpc) is 3.31.